The van der Waals surface area contributed by atoms with Crippen LogP contribution in [0.1, 0.15) is 56.1 Å². The van der Waals surface area contributed by atoms with Gasteiger partial charge in [-0.15, -0.1) is 0 Å². The smallest absolute Gasteiger partial charge is 0.119 e. The first kappa shape index (κ1) is 13.6. The van der Waals surface area contributed by atoms with Crippen LogP contribution < -0.4 is 4.74 Å². The molecule has 1 N–H and O–H groups in total. The fourth-order valence-corrected chi connectivity index (χ4v) is 5.66. The van der Waals surface area contributed by atoms with Crippen molar-refractivity contribution in [3.8, 4) is 5.75 Å². The molecule has 114 valence electrons. The molecule has 0 amide bonds. The van der Waals surface area contributed by atoms with Crippen LogP contribution >= 0.6 is 0 Å². The zero-order valence-corrected chi connectivity index (χ0v) is 13.1. The van der Waals surface area contributed by atoms with Gasteiger partial charge in [0.25, 0.3) is 0 Å². The molecule has 1 aromatic carbocycles. The second-order valence-electron chi connectivity index (χ2n) is 7.62. The van der Waals surface area contributed by atoms with Crippen molar-refractivity contribution < 1.29 is 9.84 Å². The number of benzene rings is 1. The monoisotopic (exact) mass is 286 g/mol. The van der Waals surface area contributed by atoms with Gasteiger partial charge in [-0.1, -0.05) is 13.0 Å². The van der Waals surface area contributed by atoms with Gasteiger partial charge in [-0.2, -0.15) is 0 Å². The van der Waals surface area contributed by atoms with Crippen LogP contribution in [-0.4, -0.2) is 18.3 Å². The second kappa shape index (κ2) is 4.74. The van der Waals surface area contributed by atoms with E-state index in [1.54, 1.807) is 12.7 Å². The third-order valence-electron chi connectivity index (χ3n) is 6.88. The highest BCUT2D eigenvalue weighted by molar-refractivity contribution is 5.40. The number of hydrogen-bond acceptors (Lipinski definition) is 2. The van der Waals surface area contributed by atoms with Crippen LogP contribution in [-0.2, 0) is 6.42 Å². The standard InChI is InChI=1S/C19H26O2/c1-19-10-9-15-14-6-4-13(21-2)11-12(14)3-5-16(15)17(19)7-8-18(19)20/h4,6,11,15-18,20H,3,5,7-10H2,1-2H3/t15?,16?,17?,18?,19-/m1/s1. The van der Waals surface area contributed by atoms with Crippen LogP contribution in [0.15, 0.2) is 18.2 Å². The first-order valence-electron chi connectivity index (χ1n) is 8.48. The average Bonchev–Trinajstić information content (AvgIpc) is 2.82. The predicted molar refractivity (Wildman–Crippen MR) is 83.6 cm³/mol. The molecule has 3 aliphatic rings. The molecule has 21 heavy (non-hydrogen) atoms. The third-order valence-corrected chi connectivity index (χ3v) is 6.88. The lowest BCUT2D eigenvalue weighted by Crippen LogP contribution is -2.43. The van der Waals surface area contributed by atoms with E-state index in [-0.39, 0.29) is 11.5 Å². The molecule has 2 saturated carbocycles. The number of methoxy groups -OCH3 is 1. The fraction of sp³-hybridized carbons (Fsp3) is 0.684. The molecular formula is C19H26O2. The summed E-state index contributed by atoms with van der Waals surface area (Å²) < 4.78 is 5.38. The highest BCUT2D eigenvalue weighted by atomic mass is 16.5. The Morgan fingerprint density at radius 1 is 1.19 bits per heavy atom. The third kappa shape index (κ3) is 1.88. The molecule has 0 radical (unpaired) electrons. The lowest BCUT2D eigenvalue weighted by Gasteiger charge is -2.50. The van der Waals surface area contributed by atoms with Gasteiger partial charge < -0.3 is 9.84 Å². The number of hydrogen-bond donors (Lipinski definition) is 1. The first-order chi connectivity index (χ1) is 10.1. The summed E-state index contributed by atoms with van der Waals surface area (Å²) in [5.74, 6) is 3.20. The van der Waals surface area contributed by atoms with E-state index in [1.165, 1.54) is 37.7 Å². The van der Waals surface area contributed by atoms with Crippen molar-refractivity contribution in [1.29, 1.82) is 0 Å². The van der Waals surface area contributed by atoms with Crippen LogP contribution in [0.25, 0.3) is 0 Å². The summed E-state index contributed by atoms with van der Waals surface area (Å²) in [6.07, 6.45) is 7.07. The Balaban J connectivity index is 1.68. The summed E-state index contributed by atoms with van der Waals surface area (Å²) in [7, 11) is 1.75. The molecule has 4 unspecified atom stereocenters. The Bertz CT molecular complexity index is 552. The number of ether oxygens (including phenoxy) is 1. The molecule has 0 aromatic heterocycles. The maximum absolute atomic E-state index is 10.4. The van der Waals surface area contributed by atoms with Crippen molar-refractivity contribution in [2.24, 2.45) is 17.3 Å². The number of aliphatic hydroxyl groups excluding tert-OH is 1. The molecule has 1 aromatic rings. The van der Waals surface area contributed by atoms with E-state index in [0.29, 0.717) is 5.92 Å². The molecule has 2 nitrogen and oxygen atoms in total. The van der Waals surface area contributed by atoms with Crippen molar-refractivity contribution in [1.82, 2.24) is 0 Å². The van der Waals surface area contributed by atoms with Crippen molar-refractivity contribution >= 4 is 0 Å². The molecule has 2 fully saturated rings. The maximum Gasteiger partial charge on any atom is 0.119 e. The van der Waals surface area contributed by atoms with E-state index in [1.807, 2.05) is 0 Å². The van der Waals surface area contributed by atoms with Crippen molar-refractivity contribution in [3.05, 3.63) is 29.3 Å². The van der Waals surface area contributed by atoms with E-state index in [2.05, 4.69) is 25.1 Å². The molecule has 5 atom stereocenters. The highest BCUT2D eigenvalue weighted by Gasteiger charge is 2.54. The van der Waals surface area contributed by atoms with Gasteiger partial charge in [0.1, 0.15) is 5.75 Å². The summed E-state index contributed by atoms with van der Waals surface area (Å²) in [6.45, 7) is 2.34. The average molecular weight is 286 g/mol. The topological polar surface area (TPSA) is 29.5 Å². The van der Waals surface area contributed by atoms with Crippen LogP contribution in [0.2, 0.25) is 0 Å². The van der Waals surface area contributed by atoms with Crippen LogP contribution in [0, 0.1) is 17.3 Å². The molecule has 0 heterocycles. The minimum atomic E-state index is -0.0688. The largest absolute Gasteiger partial charge is 0.497 e. The quantitative estimate of drug-likeness (QED) is 0.848. The van der Waals surface area contributed by atoms with Crippen LogP contribution in [0.5, 0.6) is 5.75 Å². The molecular weight excluding hydrogens is 260 g/mol. The van der Waals surface area contributed by atoms with Gasteiger partial charge in [-0.25, -0.2) is 0 Å². The van der Waals surface area contributed by atoms with Gasteiger partial charge in [0.2, 0.25) is 0 Å². The van der Waals surface area contributed by atoms with Gasteiger partial charge in [-0.3, -0.25) is 0 Å². The van der Waals surface area contributed by atoms with Gasteiger partial charge >= 0.3 is 0 Å². The molecule has 0 aliphatic heterocycles. The maximum atomic E-state index is 10.4. The van der Waals surface area contributed by atoms with Crippen molar-refractivity contribution in [2.45, 2.75) is 57.5 Å². The minimum Gasteiger partial charge on any atom is -0.497 e. The Morgan fingerprint density at radius 2 is 2.05 bits per heavy atom. The summed E-state index contributed by atoms with van der Waals surface area (Å²) in [4.78, 5) is 0. The lowest BCUT2D eigenvalue weighted by atomic mass is 9.55. The summed E-state index contributed by atoms with van der Waals surface area (Å²) in [5.41, 5.74) is 3.25. The number of fused-ring (bicyclic) bond motifs is 5. The first-order valence-corrected chi connectivity index (χ1v) is 8.48. The summed E-state index contributed by atoms with van der Waals surface area (Å²) in [5, 5.41) is 10.4. The lowest BCUT2D eigenvalue weighted by molar-refractivity contribution is -0.0226. The Labute approximate surface area is 127 Å². The summed E-state index contributed by atoms with van der Waals surface area (Å²) >= 11 is 0. The SMILES string of the molecule is COc1ccc2c(c1)CCC1C2CC[C@@]2(C)C(O)CCC12. The van der Waals surface area contributed by atoms with E-state index >= 15 is 0 Å². The summed E-state index contributed by atoms with van der Waals surface area (Å²) in [6, 6.07) is 6.67. The van der Waals surface area contributed by atoms with Gasteiger partial charge in [0, 0.05) is 0 Å². The molecule has 0 bridgehead atoms. The molecule has 3 aliphatic carbocycles. The molecule has 0 spiro atoms. The highest BCUT2D eigenvalue weighted by Crippen LogP contribution is 2.60. The van der Waals surface area contributed by atoms with E-state index in [0.717, 1.165) is 24.0 Å². The fourth-order valence-electron chi connectivity index (χ4n) is 5.66. The van der Waals surface area contributed by atoms with Crippen LogP contribution in [0.3, 0.4) is 0 Å². The predicted octanol–water partition coefficient (Wildman–Crippen LogP) is 3.91. The van der Waals surface area contributed by atoms with E-state index in [4.69, 9.17) is 4.74 Å². The van der Waals surface area contributed by atoms with E-state index in [9.17, 15) is 5.11 Å². The zero-order valence-electron chi connectivity index (χ0n) is 13.1. The molecule has 4 rings (SSSR count). The Morgan fingerprint density at radius 3 is 2.86 bits per heavy atom. The Kier molecular flexibility index (Phi) is 3.08. The normalized spacial score (nSPS) is 41.1. The van der Waals surface area contributed by atoms with Crippen LogP contribution in [0.4, 0.5) is 0 Å². The number of aliphatic hydroxyl groups is 1. The minimum absolute atomic E-state index is 0.0688. The Hall–Kier alpha value is -1.02. The van der Waals surface area contributed by atoms with Gasteiger partial charge in [0.15, 0.2) is 0 Å². The molecule has 0 saturated heterocycles. The van der Waals surface area contributed by atoms with Gasteiger partial charge in [-0.05, 0) is 85.0 Å². The van der Waals surface area contributed by atoms with Crippen molar-refractivity contribution in [3.63, 3.8) is 0 Å². The van der Waals surface area contributed by atoms with Crippen molar-refractivity contribution in [2.75, 3.05) is 7.11 Å². The number of rotatable bonds is 1. The molecule has 2 heteroatoms. The number of aryl methyl sites for hydroxylation is 1. The van der Waals surface area contributed by atoms with E-state index < -0.39 is 0 Å². The second-order valence-corrected chi connectivity index (χ2v) is 7.62. The van der Waals surface area contributed by atoms with Gasteiger partial charge in [0.05, 0.1) is 13.2 Å². The zero-order chi connectivity index (χ0) is 14.6.